The molecule has 0 aliphatic heterocycles. The fourth-order valence-corrected chi connectivity index (χ4v) is 13.6. The van der Waals surface area contributed by atoms with Gasteiger partial charge in [0.2, 0.25) is 0 Å². The predicted octanol–water partition coefficient (Wildman–Crippen LogP) is 20.5. The van der Waals surface area contributed by atoms with Gasteiger partial charge in [-0.1, -0.05) is 170 Å². The summed E-state index contributed by atoms with van der Waals surface area (Å²) in [6.45, 7) is 0. The molecule has 3 nitrogen and oxygen atoms in total. The van der Waals surface area contributed by atoms with Crippen LogP contribution in [0.25, 0.3) is 130 Å². The average molecular weight is 984 g/mol. The molecule has 0 aliphatic rings. The first-order valence-corrected chi connectivity index (χ1v) is 26.9. The number of nitrogens with zero attached hydrogens (tertiary/aromatic N) is 3. The van der Waals surface area contributed by atoms with E-state index in [9.17, 15) is 0 Å². The topological polar surface area (TPSA) is 13.1 Å². The molecule has 0 N–H and O–H groups in total. The summed E-state index contributed by atoms with van der Waals surface area (Å²) in [6, 6.07) is 101. The normalized spacial score (nSPS) is 11.9. The Balaban J connectivity index is 0.892. The van der Waals surface area contributed by atoms with E-state index in [1.54, 1.807) is 0 Å². The van der Waals surface area contributed by atoms with Crippen molar-refractivity contribution >= 4 is 125 Å². The number of anilines is 3. The monoisotopic (exact) mass is 983 g/mol. The van der Waals surface area contributed by atoms with Crippen LogP contribution in [-0.4, -0.2) is 9.13 Å². The summed E-state index contributed by atoms with van der Waals surface area (Å²) in [5.41, 5.74) is 15.1. The minimum Gasteiger partial charge on any atom is -0.310 e. The number of aromatic nitrogens is 2. The van der Waals surface area contributed by atoms with Crippen molar-refractivity contribution in [2.45, 2.75) is 0 Å². The second kappa shape index (κ2) is 16.9. The molecular weight excluding hydrogens is 939 g/mol. The Hall–Kier alpha value is -9.74. The van der Waals surface area contributed by atoms with E-state index >= 15 is 0 Å². The lowest BCUT2D eigenvalue weighted by molar-refractivity contribution is 1.17. The molecule has 0 spiro atoms. The molecule has 0 atom stereocenters. The van der Waals surface area contributed by atoms with Gasteiger partial charge in [-0.25, -0.2) is 0 Å². The van der Waals surface area contributed by atoms with Crippen molar-refractivity contribution in [2.75, 3.05) is 4.90 Å². The number of thiophene rings is 1. The quantitative estimate of drug-likeness (QED) is 0.145. The smallest absolute Gasteiger partial charge is 0.0554 e. The highest BCUT2D eigenvalue weighted by molar-refractivity contribution is 7.26. The van der Waals surface area contributed by atoms with Crippen molar-refractivity contribution in [3.8, 4) is 33.6 Å². The first-order chi connectivity index (χ1) is 37.7. The number of fused-ring (bicyclic) bond motifs is 15. The number of hydrogen-bond acceptors (Lipinski definition) is 2. The zero-order valence-electron chi connectivity index (χ0n) is 41.2. The van der Waals surface area contributed by atoms with E-state index in [1.165, 1.54) is 107 Å². The van der Waals surface area contributed by atoms with Gasteiger partial charge in [0.15, 0.2) is 0 Å². The highest BCUT2D eigenvalue weighted by atomic mass is 32.1. The highest BCUT2D eigenvalue weighted by Gasteiger charge is 2.21. The average Bonchev–Trinajstić information content (AvgIpc) is 4.26. The third-order valence-corrected chi connectivity index (χ3v) is 17.0. The standard InChI is InChI=1S/C72H45N3S/c1-3-16-46(17-4-1)48-32-39-66-62(42-48)59-24-11-13-26-65(59)74(66)53-37-41-68-64(45-53)63-43-49(33-40-67(63)75(68)52-36-38-58-56-22-8-7-20-54(56)55-21-9-10-23-57(55)61(58)44-52)47-30-34-51(35-31-47)73(50-18-5-2-6-19-50)69-27-15-29-71-72(69)60-25-12-14-28-70(60)76-71/h1-45H. The minimum atomic E-state index is 1.11. The molecule has 3 aromatic heterocycles. The third-order valence-electron chi connectivity index (χ3n) is 15.9. The summed E-state index contributed by atoms with van der Waals surface area (Å²) in [5.74, 6) is 0. The van der Waals surface area contributed by atoms with Crippen LogP contribution in [0.2, 0.25) is 0 Å². The molecule has 0 saturated carbocycles. The SMILES string of the molecule is c1ccc(-c2ccc3c(c2)c2ccccc2n3-c2ccc3c(c2)c2cc(-c4ccc(N(c5ccccc5)c5cccc6sc7ccccc7c56)cc4)ccc2n3-c2ccc3c4ccccc4c4ccccc4c3c2)cc1. The van der Waals surface area contributed by atoms with E-state index in [2.05, 4.69) is 287 Å². The maximum Gasteiger partial charge on any atom is 0.0554 e. The van der Waals surface area contributed by atoms with Crippen molar-refractivity contribution in [2.24, 2.45) is 0 Å². The molecule has 3 heterocycles. The molecule has 0 bridgehead atoms. The lowest BCUT2D eigenvalue weighted by Gasteiger charge is -2.26. The van der Waals surface area contributed by atoms with E-state index in [0.717, 1.165) is 39.3 Å². The number of hydrogen-bond donors (Lipinski definition) is 0. The van der Waals surface area contributed by atoms with Crippen molar-refractivity contribution in [1.82, 2.24) is 9.13 Å². The maximum atomic E-state index is 2.48. The second-order valence-electron chi connectivity index (χ2n) is 20.0. The molecule has 16 rings (SSSR count). The Morgan fingerprint density at radius 1 is 0.250 bits per heavy atom. The Kier molecular flexibility index (Phi) is 9.51. The Morgan fingerprint density at radius 2 is 0.684 bits per heavy atom. The van der Waals surface area contributed by atoms with E-state index in [4.69, 9.17) is 0 Å². The van der Waals surface area contributed by atoms with Gasteiger partial charge in [0.1, 0.15) is 0 Å². The molecule has 354 valence electrons. The Labute approximate surface area is 442 Å². The van der Waals surface area contributed by atoms with Gasteiger partial charge in [-0.05, 0) is 158 Å². The van der Waals surface area contributed by atoms with Crippen LogP contribution in [0.5, 0.6) is 0 Å². The zero-order valence-corrected chi connectivity index (χ0v) is 42.0. The van der Waals surface area contributed by atoms with Crippen LogP contribution < -0.4 is 4.90 Å². The number of benzene rings is 13. The zero-order chi connectivity index (χ0) is 49.8. The molecule has 13 aromatic carbocycles. The van der Waals surface area contributed by atoms with Crippen LogP contribution in [0.1, 0.15) is 0 Å². The Bertz CT molecular complexity index is 4950. The molecule has 0 radical (unpaired) electrons. The first-order valence-electron chi connectivity index (χ1n) is 26.1. The third kappa shape index (κ3) is 6.54. The summed E-state index contributed by atoms with van der Waals surface area (Å²) in [7, 11) is 0. The van der Waals surface area contributed by atoms with Crippen molar-refractivity contribution < 1.29 is 0 Å². The number of rotatable bonds is 7. The molecule has 0 amide bonds. The highest BCUT2D eigenvalue weighted by Crippen LogP contribution is 2.46. The predicted molar refractivity (Wildman–Crippen MR) is 326 cm³/mol. The van der Waals surface area contributed by atoms with Crippen molar-refractivity contribution in [3.63, 3.8) is 0 Å². The first kappa shape index (κ1) is 42.7. The van der Waals surface area contributed by atoms with Gasteiger partial charge in [-0.2, -0.15) is 0 Å². The Morgan fingerprint density at radius 3 is 1.36 bits per heavy atom. The van der Waals surface area contributed by atoms with Crippen LogP contribution in [0.15, 0.2) is 273 Å². The van der Waals surface area contributed by atoms with E-state index < -0.39 is 0 Å². The van der Waals surface area contributed by atoms with Gasteiger partial charge in [-0.15, -0.1) is 11.3 Å². The molecule has 16 aromatic rings. The molecule has 0 saturated heterocycles. The lowest BCUT2D eigenvalue weighted by Crippen LogP contribution is -2.10. The molecule has 0 unspecified atom stereocenters. The molecule has 76 heavy (non-hydrogen) atoms. The van der Waals surface area contributed by atoms with E-state index in [1.807, 2.05) is 11.3 Å². The largest absolute Gasteiger partial charge is 0.310 e. The van der Waals surface area contributed by atoms with Crippen LogP contribution in [0.4, 0.5) is 17.1 Å². The fraction of sp³-hybridized carbons (Fsp3) is 0. The van der Waals surface area contributed by atoms with Crippen LogP contribution in [0, 0.1) is 0 Å². The van der Waals surface area contributed by atoms with Gasteiger partial charge in [0, 0.05) is 64.5 Å². The summed E-state index contributed by atoms with van der Waals surface area (Å²) in [4.78, 5) is 2.41. The minimum absolute atomic E-state index is 1.11. The van der Waals surface area contributed by atoms with Gasteiger partial charge >= 0.3 is 0 Å². The van der Waals surface area contributed by atoms with Gasteiger partial charge in [0.05, 0.1) is 27.8 Å². The van der Waals surface area contributed by atoms with Gasteiger partial charge in [-0.3, -0.25) is 0 Å². The summed E-state index contributed by atoms with van der Waals surface area (Å²) < 4.78 is 7.52. The summed E-state index contributed by atoms with van der Waals surface area (Å²) >= 11 is 1.86. The second-order valence-corrected chi connectivity index (χ2v) is 21.1. The molecule has 0 fully saturated rings. The molecular formula is C72H45N3S. The van der Waals surface area contributed by atoms with E-state index in [0.29, 0.717) is 0 Å². The lowest BCUT2D eigenvalue weighted by atomic mass is 9.94. The van der Waals surface area contributed by atoms with E-state index in [-0.39, 0.29) is 0 Å². The maximum absolute atomic E-state index is 2.48. The van der Waals surface area contributed by atoms with Crippen LogP contribution >= 0.6 is 11.3 Å². The number of para-hydroxylation sites is 2. The van der Waals surface area contributed by atoms with Gasteiger partial charge < -0.3 is 14.0 Å². The van der Waals surface area contributed by atoms with Gasteiger partial charge in [0.25, 0.3) is 0 Å². The van der Waals surface area contributed by atoms with Crippen molar-refractivity contribution in [1.29, 1.82) is 0 Å². The molecule has 0 aliphatic carbocycles. The van der Waals surface area contributed by atoms with Crippen LogP contribution in [0.3, 0.4) is 0 Å². The van der Waals surface area contributed by atoms with Crippen LogP contribution in [-0.2, 0) is 0 Å². The fourth-order valence-electron chi connectivity index (χ4n) is 12.5. The van der Waals surface area contributed by atoms with Crippen molar-refractivity contribution in [3.05, 3.63) is 273 Å². The molecule has 4 heteroatoms. The summed E-state index contributed by atoms with van der Waals surface area (Å²) in [5, 5.41) is 15.1. The summed E-state index contributed by atoms with van der Waals surface area (Å²) in [6.07, 6.45) is 0.